The van der Waals surface area contributed by atoms with Crippen molar-refractivity contribution in [1.29, 1.82) is 0 Å². The first-order chi connectivity index (χ1) is 14.5. The number of fused-ring (bicyclic) bond motifs is 3. The number of nitro groups is 1. The van der Waals surface area contributed by atoms with Crippen LogP contribution in [0.25, 0.3) is 17.2 Å². The number of aromatic nitrogens is 1. The molecule has 0 fully saturated rings. The third-order valence-corrected chi connectivity index (χ3v) is 5.18. The first-order valence-electron chi connectivity index (χ1n) is 9.29. The summed E-state index contributed by atoms with van der Waals surface area (Å²) in [6.45, 7) is 1.98. The van der Waals surface area contributed by atoms with Gasteiger partial charge in [-0.25, -0.2) is 9.79 Å². The molecule has 0 bridgehead atoms. The molecule has 0 aliphatic carbocycles. The van der Waals surface area contributed by atoms with Crippen molar-refractivity contribution < 1.29 is 9.34 Å². The van der Waals surface area contributed by atoms with Gasteiger partial charge in [0, 0.05) is 28.5 Å². The lowest BCUT2D eigenvalue weighted by atomic mass is 9.99. The Bertz CT molecular complexity index is 1600. The van der Waals surface area contributed by atoms with E-state index >= 15 is 0 Å². The van der Waals surface area contributed by atoms with Crippen LogP contribution >= 0.6 is 0 Å². The number of nitrogens with one attached hydrogen (secondary N) is 1. The average Bonchev–Trinajstić information content (AvgIpc) is 3.29. The van der Waals surface area contributed by atoms with Gasteiger partial charge < -0.3 is 9.40 Å². The zero-order valence-corrected chi connectivity index (χ0v) is 15.9. The van der Waals surface area contributed by atoms with Gasteiger partial charge in [-0.05, 0) is 54.5 Å². The third-order valence-electron chi connectivity index (χ3n) is 5.18. The minimum Gasteiger partial charge on any atom is -0.404 e. The van der Waals surface area contributed by atoms with Crippen LogP contribution in [0.15, 0.2) is 74.9 Å². The molecule has 4 aromatic rings. The minimum atomic E-state index is -0.506. The normalized spacial score (nSPS) is 13.6. The van der Waals surface area contributed by atoms with Crippen molar-refractivity contribution in [3.05, 3.63) is 114 Å². The number of non-ortho nitro benzene ring substituents is 1. The number of hydrogen-bond donors (Lipinski definition) is 1. The molecular weight excluding hydrogens is 382 g/mol. The highest BCUT2D eigenvalue weighted by atomic mass is 16.6. The van der Waals surface area contributed by atoms with Crippen molar-refractivity contribution in [3.8, 4) is 11.1 Å². The topological polar surface area (TPSA) is 102 Å². The van der Waals surface area contributed by atoms with Gasteiger partial charge in [0.1, 0.15) is 5.35 Å². The van der Waals surface area contributed by atoms with Crippen LogP contribution in [-0.2, 0) is 0 Å². The molecule has 5 rings (SSSR count). The van der Waals surface area contributed by atoms with E-state index in [4.69, 9.17) is 4.42 Å². The Kier molecular flexibility index (Phi) is 3.96. The summed E-state index contributed by atoms with van der Waals surface area (Å²) in [5.41, 5.74) is 4.47. The number of nitrogens with zero attached hydrogens (tertiary/aromatic N) is 2. The fraction of sp³-hybridized carbons (Fsp3) is 0.0435. The molecule has 30 heavy (non-hydrogen) atoms. The van der Waals surface area contributed by atoms with Crippen LogP contribution in [0.3, 0.4) is 0 Å². The molecule has 146 valence electrons. The lowest BCUT2D eigenvalue weighted by molar-refractivity contribution is -0.384. The van der Waals surface area contributed by atoms with Crippen LogP contribution in [0.4, 0.5) is 11.4 Å². The second-order valence-corrected chi connectivity index (χ2v) is 7.01. The fourth-order valence-electron chi connectivity index (χ4n) is 3.71. The molecule has 0 saturated heterocycles. The Labute approximate surface area is 169 Å². The van der Waals surface area contributed by atoms with Crippen LogP contribution in [0.5, 0.6) is 0 Å². The Morgan fingerprint density at radius 3 is 2.60 bits per heavy atom. The zero-order valence-electron chi connectivity index (χ0n) is 15.9. The van der Waals surface area contributed by atoms with Gasteiger partial charge in [-0.2, -0.15) is 0 Å². The molecule has 1 aliphatic rings. The first kappa shape index (κ1) is 17.8. The molecule has 0 atom stereocenters. The Balaban J connectivity index is 1.70. The van der Waals surface area contributed by atoms with Gasteiger partial charge in [-0.3, -0.25) is 10.1 Å². The minimum absolute atomic E-state index is 0.00850. The summed E-state index contributed by atoms with van der Waals surface area (Å²) in [5, 5.41) is 12.7. The molecule has 7 nitrogen and oxygen atoms in total. The molecule has 1 N–H and O–H groups in total. The Hall–Kier alpha value is -4.26. The van der Waals surface area contributed by atoms with E-state index in [0.29, 0.717) is 11.1 Å². The van der Waals surface area contributed by atoms with Crippen LogP contribution in [0.1, 0.15) is 11.1 Å². The highest BCUT2D eigenvalue weighted by Crippen LogP contribution is 2.34. The van der Waals surface area contributed by atoms with E-state index < -0.39 is 10.5 Å². The van der Waals surface area contributed by atoms with E-state index in [9.17, 15) is 14.9 Å². The number of aromatic amines is 1. The predicted molar refractivity (Wildman–Crippen MR) is 111 cm³/mol. The summed E-state index contributed by atoms with van der Waals surface area (Å²) in [6, 6.07) is 17.7. The maximum atomic E-state index is 12.4. The highest BCUT2D eigenvalue weighted by molar-refractivity contribution is 5.81. The number of benzene rings is 3. The summed E-state index contributed by atoms with van der Waals surface area (Å²) in [7, 11) is 0. The van der Waals surface area contributed by atoms with E-state index in [1.807, 2.05) is 43.3 Å². The molecule has 2 heterocycles. The lowest BCUT2D eigenvalue weighted by Crippen LogP contribution is -2.20. The highest BCUT2D eigenvalue weighted by Gasteiger charge is 2.16. The number of nitro benzene ring substituents is 1. The van der Waals surface area contributed by atoms with E-state index in [1.165, 1.54) is 12.1 Å². The largest absolute Gasteiger partial charge is 0.404 e. The summed E-state index contributed by atoms with van der Waals surface area (Å²) < 4.78 is 5.48. The smallest absolute Gasteiger partial charge is 0.361 e. The van der Waals surface area contributed by atoms with Crippen LogP contribution in [-0.4, -0.2) is 9.91 Å². The molecule has 7 heteroatoms. The molecule has 0 unspecified atom stereocenters. The zero-order chi connectivity index (χ0) is 20.8. The predicted octanol–water partition coefficient (Wildman–Crippen LogP) is 3.23. The number of H-pyrrole nitrogens is 1. The first-order valence-corrected chi connectivity index (χ1v) is 9.29. The summed E-state index contributed by atoms with van der Waals surface area (Å²) in [6.07, 6.45) is 1.60. The van der Waals surface area contributed by atoms with Gasteiger partial charge in [0.2, 0.25) is 5.55 Å². The summed E-state index contributed by atoms with van der Waals surface area (Å²) in [5.74, 6) is 0. The summed E-state index contributed by atoms with van der Waals surface area (Å²) >= 11 is 0. The van der Waals surface area contributed by atoms with Gasteiger partial charge in [-0.1, -0.05) is 18.2 Å². The number of para-hydroxylation sites is 1. The van der Waals surface area contributed by atoms with Crippen molar-refractivity contribution in [2.75, 3.05) is 0 Å². The molecule has 0 saturated carbocycles. The summed E-state index contributed by atoms with van der Waals surface area (Å²) in [4.78, 5) is 30.4. The van der Waals surface area contributed by atoms with E-state index in [1.54, 1.807) is 18.2 Å². The Morgan fingerprint density at radius 2 is 1.83 bits per heavy atom. The lowest BCUT2D eigenvalue weighted by Gasteiger charge is -2.03. The second kappa shape index (κ2) is 6.66. The van der Waals surface area contributed by atoms with Crippen molar-refractivity contribution in [3.63, 3.8) is 0 Å². The van der Waals surface area contributed by atoms with Crippen molar-refractivity contribution in [1.82, 2.24) is 4.98 Å². The van der Waals surface area contributed by atoms with E-state index in [-0.39, 0.29) is 11.0 Å². The molecular formula is C23H15N3O4. The molecule has 0 radical (unpaired) electrons. The average molecular weight is 397 g/mol. The maximum absolute atomic E-state index is 12.4. The van der Waals surface area contributed by atoms with Crippen LogP contribution < -0.4 is 16.3 Å². The van der Waals surface area contributed by atoms with Crippen molar-refractivity contribution in [2.45, 2.75) is 6.92 Å². The standard InChI is InChI=1S/C23H15N3O4/c1-13-16(10-11-19-21(13)17-4-2-3-5-18(17)24-19)22-25-20(23(27)30-22)12-14-6-8-15(9-7-14)26(28)29/h2-12,25H,1H3/b20-12+,22-16+. The van der Waals surface area contributed by atoms with Crippen LogP contribution in [0, 0.1) is 27.8 Å². The van der Waals surface area contributed by atoms with Gasteiger partial charge in [0.05, 0.1) is 16.0 Å². The van der Waals surface area contributed by atoms with E-state index in [0.717, 1.165) is 33.0 Å². The molecule has 0 amide bonds. The Morgan fingerprint density at radius 1 is 1.07 bits per heavy atom. The van der Waals surface area contributed by atoms with Crippen molar-refractivity contribution in [2.24, 2.45) is 4.99 Å². The monoisotopic (exact) mass is 397 g/mol. The van der Waals surface area contributed by atoms with Gasteiger partial charge in [0.25, 0.3) is 5.69 Å². The molecule has 3 aromatic carbocycles. The van der Waals surface area contributed by atoms with Gasteiger partial charge in [0.15, 0.2) is 0 Å². The van der Waals surface area contributed by atoms with Crippen LogP contribution in [0.2, 0.25) is 0 Å². The maximum Gasteiger partial charge on any atom is 0.361 e. The van der Waals surface area contributed by atoms with Gasteiger partial charge in [-0.15, -0.1) is 0 Å². The quantitative estimate of drug-likeness (QED) is 0.365. The second-order valence-electron chi connectivity index (χ2n) is 7.01. The van der Waals surface area contributed by atoms with E-state index in [2.05, 4.69) is 9.98 Å². The third kappa shape index (κ3) is 2.84. The number of hydrogen-bond acceptors (Lipinski definition) is 5. The SMILES string of the molecule is Cc1c2c(cc/c1=c1/[nH]/c(=C/c3ccc([N+](=O)[O-])cc3)c(=O)o1)=Nc1ccccc1-2. The molecule has 0 spiro atoms. The molecule has 1 aromatic heterocycles. The number of rotatable bonds is 2. The fourth-order valence-corrected chi connectivity index (χ4v) is 3.71. The van der Waals surface area contributed by atoms with Crippen molar-refractivity contribution >= 4 is 17.5 Å². The van der Waals surface area contributed by atoms with Gasteiger partial charge >= 0.3 is 5.63 Å². The number of oxazole rings is 1. The molecule has 1 aliphatic heterocycles.